The van der Waals surface area contributed by atoms with Crippen LogP contribution in [0.15, 0.2) is 23.3 Å². The van der Waals surface area contributed by atoms with Crippen molar-refractivity contribution in [3.63, 3.8) is 0 Å². The van der Waals surface area contributed by atoms with Crippen molar-refractivity contribution >= 4 is 0 Å². The lowest BCUT2D eigenvalue weighted by Gasteiger charge is -1.99. The minimum absolute atomic E-state index is 0.131. The number of nitrogens with one attached hydrogen (secondary N) is 1. The zero-order chi connectivity index (χ0) is 7.56. The van der Waals surface area contributed by atoms with Gasteiger partial charge in [-0.25, -0.2) is 0 Å². The van der Waals surface area contributed by atoms with Crippen LogP contribution in [0.4, 0.5) is 0 Å². The highest BCUT2D eigenvalue weighted by atomic mass is 16.3. The minimum Gasteiger partial charge on any atom is -0.389 e. The van der Waals surface area contributed by atoms with Gasteiger partial charge < -0.3 is 10.1 Å². The Balaban J connectivity index is 3.16. The van der Waals surface area contributed by atoms with Gasteiger partial charge in [0.05, 0.1) is 6.10 Å². The van der Waals surface area contributed by atoms with Gasteiger partial charge in [-0.15, -0.1) is 0 Å². The van der Waals surface area contributed by atoms with Crippen molar-refractivity contribution in [1.82, 2.24) is 4.98 Å². The van der Waals surface area contributed by atoms with E-state index >= 15 is 0 Å². The molecule has 1 heterocycles. The van der Waals surface area contributed by atoms with Gasteiger partial charge in [0, 0.05) is 24.0 Å². The summed E-state index contributed by atoms with van der Waals surface area (Å²) in [6.07, 6.45) is 2.35. The number of H-pyrrole nitrogens is 1. The average Bonchev–Trinajstić information content (AvgIpc) is 1.88. The average molecular weight is 139 g/mol. The second kappa shape index (κ2) is 2.66. The number of hydrogen-bond acceptors (Lipinski definition) is 2. The third-order valence-corrected chi connectivity index (χ3v) is 1.30. The van der Waals surface area contributed by atoms with Gasteiger partial charge in [0.15, 0.2) is 5.43 Å². The highest BCUT2D eigenvalue weighted by molar-refractivity contribution is 5.11. The van der Waals surface area contributed by atoms with Gasteiger partial charge in [-0.3, -0.25) is 4.79 Å². The summed E-state index contributed by atoms with van der Waals surface area (Å²) in [5.74, 6) is 0. The lowest BCUT2D eigenvalue weighted by Crippen LogP contribution is -2.09. The molecule has 54 valence electrons. The molecule has 1 aromatic rings. The van der Waals surface area contributed by atoms with Crippen LogP contribution >= 0.6 is 0 Å². The molecule has 2 N–H and O–H groups in total. The maximum atomic E-state index is 10.9. The zero-order valence-corrected chi connectivity index (χ0v) is 5.66. The summed E-state index contributed by atoms with van der Waals surface area (Å²) in [5, 5.41) is 8.98. The monoisotopic (exact) mass is 139 g/mol. The van der Waals surface area contributed by atoms with E-state index in [2.05, 4.69) is 4.98 Å². The third-order valence-electron chi connectivity index (χ3n) is 1.30. The standard InChI is InChI=1S/C7H9NO2/c1-5(9)6-4-8-3-2-7(6)10/h2-5,9H,1H3,(H,8,10). The normalized spacial score (nSPS) is 13.0. The molecule has 3 nitrogen and oxygen atoms in total. The van der Waals surface area contributed by atoms with Gasteiger partial charge >= 0.3 is 0 Å². The number of aliphatic hydroxyl groups excluding tert-OH is 1. The SMILES string of the molecule is CC(O)c1c[nH]ccc1=O. The Labute approximate surface area is 58.3 Å². The van der Waals surface area contributed by atoms with E-state index in [-0.39, 0.29) is 5.43 Å². The van der Waals surface area contributed by atoms with Gasteiger partial charge in [0.2, 0.25) is 0 Å². The van der Waals surface area contributed by atoms with Gasteiger partial charge in [-0.05, 0) is 6.92 Å². The summed E-state index contributed by atoms with van der Waals surface area (Å²) in [5.41, 5.74) is 0.274. The van der Waals surface area contributed by atoms with E-state index in [1.54, 1.807) is 6.92 Å². The van der Waals surface area contributed by atoms with Crippen molar-refractivity contribution in [2.75, 3.05) is 0 Å². The fourth-order valence-electron chi connectivity index (χ4n) is 0.756. The van der Waals surface area contributed by atoms with Crippen molar-refractivity contribution in [2.24, 2.45) is 0 Å². The first-order valence-electron chi connectivity index (χ1n) is 3.07. The first-order chi connectivity index (χ1) is 4.72. The van der Waals surface area contributed by atoms with E-state index in [0.29, 0.717) is 5.56 Å². The van der Waals surface area contributed by atoms with Crippen LogP contribution in [0.2, 0.25) is 0 Å². The van der Waals surface area contributed by atoms with Crippen LogP contribution in [0.25, 0.3) is 0 Å². The molecule has 1 atom stereocenters. The molecule has 1 rings (SSSR count). The number of rotatable bonds is 1. The highest BCUT2D eigenvalue weighted by Crippen LogP contribution is 2.02. The highest BCUT2D eigenvalue weighted by Gasteiger charge is 2.02. The summed E-state index contributed by atoms with van der Waals surface area (Å²) in [6.45, 7) is 1.56. The predicted octanol–water partition coefficient (Wildman–Crippen LogP) is 0.428. The van der Waals surface area contributed by atoms with Crippen molar-refractivity contribution in [2.45, 2.75) is 13.0 Å². The number of aromatic nitrogens is 1. The van der Waals surface area contributed by atoms with Crippen LogP contribution in [-0.2, 0) is 0 Å². The molecule has 0 aromatic carbocycles. The number of aromatic amines is 1. The molecule has 0 aliphatic heterocycles. The topological polar surface area (TPSA) is 53.1 Å². The molecule has 1 aromatic heterocycles. The lowest BCUT2D eigenvalue weighted by atomic mass is 10.2. The number of aliphatic hydroxyl groups is 1. The van der Waals surface area contributed by atoms with E-state index in [0.717, 1.165) is 0 Å². The van der Waals surface area contributed by atoms with Crippen molar-refractivity contribution < 1.29 is 5.11 Å². The Kier molecular flexibility index (Phi) is 1.87. The van der Waals surface area contributed by atoms with Crippen LogP contribution in [0.1, 0.15) is 18.6 Å². The number of pyridine rings is 1. The summed E-state index contributed by atoms with van der Waals surface area (Å²) in [6, 6.07) is 1.39. The van der Waals surface area contributed by atoms with E-state index in [1.165, 1.54) is 18.5 Å². The summed E-state index contributed by atoms with van der Waals surface area (Å²) >= 11 is 0. The first-order valence-corrected chi connectivity index (χ1v) is 3.07. The summed E-state index contributed by atoms with van der Waals surface area (Å²) in [7, 11) is 0. The van der Waals surface area contributed by atoms with Crippen LogP contribution < -0.4 is 5.43 Å². The molecule has 10 heavy (non-hydrogen) atoms. The van der Waals surface area contributed by atoms with Gasteiger partial charge in [-0.2, -0.15) is 0 Å². The Bertz CT molecular complexity index is 264. The second-order valence-electron chi connectivity index (χ2n) is 2.14. The largest absolute Gasteiger partial charge is 0.389 e. The second-order valence-corrected chi connectivity index (χ2v) is 2.14. The fourth-order valence-corrected chi connectivity index (χ4v) is 0.756. The molecule has 0 amide bonds. The molecule has 0 radical (unpaired) electrons. The molecule has 3 heteroatoms. The van der Waals surface area contributed by atoms with Crippen molar-refractivity contribution in [1.29, 1.82) is 0 Å². The van der Waals surface area contributed by atoms with Gasteiger partial charge in [0.1, 0.15) is 0 Å². The molecular weight excluding hydrogens is 130 g/mol. The molecule has 0 aliphatic rings. The molecule has 0 saturated heterocycles. The van der Waals surface area contributed by atoms with Gasteiger partial charge in [-0.1, -0.05) is 0 Å². The first kappa shape index (κ1) is 7.02. The molecule has 0 spiro atoms. The predicted molar refractivity (Wildman–Crippen MR) is 37.7 cm³/mol. The Morgan fingerprint density at radius 1 is 1.70 bits per heavy atom. The van der Waals surface area contributed by atoms with Gasteiger partial charge in [0.25, 0.3) is 0 Å². The van der Waals surface area contributed by atoms with E-state index in [9.17, 15) is 4.79 Å². The maximum Gasteiger partial charge on any atom is 0.187 e. The Hall–Kier alpha value is -1.09. The van der Waals surface area contributed by atoms with E-state index < -0.39 is 6.10 Å². The van der Waals surface area contributed by atoms with E-state index in [4.69, 9.17) is 5.11 Å². The molecule has 0 saturated carbocycles. The van der Waals surface area contributed by atoms with Crippen LogP contribution in [0, 0.1) is 0 Å². The molecule has 0 bridgehead atoms. The smallest absolute Gasteiger partial charge is 0.187 e. The molecule has 0 fully saturated rings. The Morgan fingerprint density at radius 2 is 2.40 bits per heavy atom. The number of hydrogen-bond donors (Lipinski definition) is 2. The van der Waals surface area contributed by atoms with E-state index in [1.807, 2.05) is 0 Å². The minimum atomic E-state index is -0.690. The van der Waals surface area contributed by atoms with Crippen molar-refractivity contribution in [3.05, 3.63) is 34.2 Å². The Morgan fingerprint density at radius 3 is 2.80 bits per heavy atom. The van der Waals surface area contributed by atoms with Crippen molar-refractivity contribution in [3.8, 4) is 0 Å². The van der Waals surface area contributed by atoms with Crippen LogP contribution in [-0.4, -0.2) is 10.1 Å². The molecular formula is C7H9NO2. The lowest BCUT2D eigenvalue weighted by molar-refractivity contribution is 0.198. The fraction of sp³-hybridized carbons (Fsp3) is 0.286. The summed E-state index contributed by atoms with van der Waals surface area (Å²) in [4.78, 5) is 13.6. The van der Waals surface area contributed by atoms with Crippen LogP contribution in [0.3, 0.4) is 0 Å². The molecule has 1 unspecified atom stereocenters. The zero-order valence-electron chi connectivity index (χ0n) is 5.66. The molecule has 0 aliphatic carbocycles. The summed E-state index contributed by atoms with van der Waals surface area (Å²) < 4.78 is 0. The maximum absolute atomic E-state index is 10.9. The third kappa shape index (κ3) is 1.25. The quantitative estimate of drug-likeness (QED) is 0.592. The van der Waals surface area contributed by atoms with Crippen LogP contribution in [0.5, 0.6) is 0 Å².